The lowest BCUT2D eigenvalue weighted by molar-refractivity contribution is 0.754. The zero-order valence-electron chi connectivity index (χ0n) is 8.11. The fourth-order valence-corrected chi connectivity index (χ4v) is 2.25. The van der Waals surface area contributed by atoms with Crippen LogP contribution in [0.5, 0.6) is 0 Å². The molecule has 0 fully saturated rings. The number of halogens is 1. The maximum Gasteiger partial charge on any atom is 0.307 e. The number of rotatable bonds is 2. The third-order valence-corrected chi connectivity index (χ3v) is 3.20. The number of hydrogen-bond acceptors (Lipinski definition) is 3. The fourth-order valence-electron chi connectivity index (χ4n) is 1.32. The average Bonchev–Trinajstić information content (AvgIpc) is 2.50. The highest BCUT2D eigenvalue weighted by Crippen LogP contribution is 2.09. The van der Waals surface area contributed by atoms with Gasteiger partial charge in [0.1, 0.15) is 5.15 Å². The maximum atomic E-state index is 11.5. The average molecular weight is 241 g/mol. The second kappa shape index (κ2) is 4.16. The summed E-state index contributed by atoms with van der Waals surface area (Å²) < 4.78 is 1.72. The summed E-state index contributed by atoms with van der Waals surface area (Å²) in [6.45, 7) is 2.47. The third-order valence-electron chi connectivity index (χ3n) is 2.11. The van der Waals surface area contributed by atoms with E-state index < -0.39 is 0 Å². The summed E-state index contributed by atoms with van der Waals surface area (Å²) in [5.41, 5.74) is 1.96. The molecule has 0 unspecified atom stereocenters. The minimum Gasteiger partial charge on any atom is -0.299 e. The second-order valence-electron chi connectivity index (χ2n) is 3.22. The highest BCUT2D eigenvalue weighted by atomic mass is 35.5. The molecule has 0 N–H and O–H groups in total. The predicted molar refractivity (Wildman–Crippen MR) is 61.7 cm³/mol. The van der Waals surface area contributed by atoms with Crippen molar-refractivity contribution in [1.82, 2.24) is 9.55 Å². The van der Waals surface area contributed by atoms with Gasteiger partial charge in [-0.15, -0.1) is 0 Å². The van der Waals surface area contributed by atoms with E-state index in [1.54, 1.807) is 16.8 Å². The zero-order chi connectivity index (χ0) is 10.8. The van der Waals surface area contributed by atoms with E-state index in [-0.39, 0.29) is 4.87 Å². The van der Waals surface area contributed by atoms with Crippen molar-refractivity contribution in [2.45, 2.75) is 13.5 Å². The van der Waals surface area contributed by atoms with Gasteiger partial charge in [0.15, 0.2) is 0 Å². The minimum absolute atomic E-state index is 0.0560. The van der Waals surface area contributed by atoms with E-state index in [1.807, 2.05) is 18.4 Å². The summed E-state index contributed by atoms with van der Waals surface area (Å²) in [7, 11) is 0. The van der Waals surface area contributed by atoms with E-state index in [0.717, 1.165) is 11.3 Å². The SMILES string of the molecule is Cc1csc(=O)n1Cc1ccnc(Cl)c1. The number of nitrogens with zero attached hydrogens (tertiary/aromatic N) is 2. The Labute approximate surface area is 96.0 Å². The first-order valence-corrected chi connectivity index (χ1v) is 5.68. The number of hydrogen-bond donors (Lipinski definition) is 0. The van der Waals surface area contributed by atoms with Crippen molar-refractivity contribution in [3.05, 3.63) is 49.8 Å². The van der Waals surface area contributed by atoms with Crippen molar-refractivity contribution in [3.63, 3.8) is 0 Å². The van der Waals surface area contributed by atoms with Crippen molar-refractivity contribution in [1.29, 1.82) is 0 Å². The molecule has 0 saturated carbocycles. The van der Waals surface area contributed by atoms with E-state index in [4.69, 9.17) is 11.6 Å². The van der Waals surface area contributed by atoms with E-state index in [1.165, 1.54) is 11.3 Å². The van der Waals surface area contributed by atoms with E-state index in [9.17, 15) is 4.79 Å². The molecule has 2 heterocycles. The molecule has 2 aromatic heterocycles. The van der Waals surface area contributed by atoms with Gasteiger partial charge in [-0.25, -0.2) is 4.98 Å². The molecule has 0 aliphatic rings. The van der Waals surface area contributed by atoms with Crippen molar-refractivity contribution < 1.29 is 0 Å². The standard InChI is InChI=1S/C10H9ClN2OS/c1-7-6-15-10(14)13(7)5-8-2-3-12-9(11)4-8/h2-4,6H,5H2,1H3. The largest absolute Gasteiger partial charge is 0.307 e. The second-order valence-corrected chi connectivity index (χ2v) is 4.42. The molecule has 0 bridgehead atoms. The maximum absolute atomic E-state index is 11.5. The van der Waals surface area contributed by atoms with Crippen LogP contribution in [-0.4, -0.2) is 9.55 Å². The lowest BCUT2D eigenvalue weighted by Crippen LogP contribution is -2.15. The van der Waals surface area contributed by atoms with Crippen LogP contribution < -0.4 is 4.87 Å². The Morgan fingerprint density at radius 1 is 1.60 bits per heavy atom. The van der Waals surface area contributed by atoms with Crippen LogP contribution in [0.25, 0.3) is 0 Å². The van der Waals surface area contributed by atoms with Crippen LogP contribution in [0.1, 0.15) is 11.3 Å². The summed E-state index contributed by atoms with van der Waals surface area (Å²) in [6, 6.07) is 3.63. The van der Waals surface area contributed by atoms with Gasteiger partial charge in [-0.2, -0.15) is 0 Å². The fraction of sp³-hybridized carbons (Fsp3) is 0.200. The van der Waals surface area contributed by atoms with Crippen LogP contribution in [0.4, 0.5) is 0 Å². The number of pyridine rings is 1. The van der Waals surface area contributed by atoms with Gasteiger partial charge >= 0.3 is 4.87 Å². The summed E-state index contributed by atoms with van der Waals surface area (Å²) in [5.74, 6) is 0. The molecular formula is C10H9ClN2OS. The van der Waals surface area contributed by atoms with Gasteiger partial charge in [-0.3, -0.25) is 9.36 Å². The van der Waals surface area contributed by atoms with Crippen LogP contribution in [0.2, 0.25) is 5.15 Å². The molecular weight excluding hydrogens is 232 g/mol. The Kier molecular flexibility index (Phi) is 2.88. The van der Waals surface area contributed by atoms with Crippen LogP contribution in [0.15, 0.2) is 28.5 Å². The first kappa shape index (κ1) is 10.4. The number of aryl methyl sites for hydroxylation is 1. The molecule has 0 atom stereocenters. The molecule has 78 valence electrons. The molecule has 15 heavy (non-hydrogen) atoms. The summed E-state index contributed by atoms with van der Waals surface area (Å²) in [5, 5.41) is 2.30. The highest BCUT2D eigenvalue weighted by molar-refractivity contribution is 7.07. The van der Waals surface area contributed by atoms with Gasteiger partial charge in [0.25, 0.3) is 0 Å². The Morgan fingerprint density at radius 3 is 3.00 bits per heavy atom. The van der Waals surface area contributed by atoms with Gasteiger partial charge < -0.3 is 0 Å². The van der Waals surface area contributed by atoms with Crippen molar-refractivity contribution in [2.75, 3.05) is 0 Å². The molecule has 0 amide bonds. The molecule has 5 heteroatoms. The molecule has 0 aliphatic carbocycles. The van der Waals surface area contributed by atoms with Crippen LogP contribution in [-0.2, 0) is 6.54 Å². The Balaban J connectivity index is 2.33. The molecule has 0 saturated heterocycles. The van der Waals surface area contributed by atoms with Gasteiger partial charge in [0, 0.05) is 17.3 Å². The van der Waals surface area contributed by atoms with Crippen molar-refractivity contribution in [3.8, 4) is 0 Å². The Bertz CT molecular complexity index is 532. The van der Waals surface area contributed by atoms with Crippen LogP contribution in [0.3, 0.4) is 0 Å². The molecule has 2 aromatic rings. The normalized spacial score (nSPS) is 10.5. The number of thiazole rings is 1. The van der Waals surface area contributed by atoms with Crippen molar-refractivity contribution in [2.24, 2.45) is 0 Å². The first-order chi connectivity index (χ1) is 7.16. The summed E-state index contributed by atoms with van der Waals surface area (Å²) >= 11 is 6.98. The van der Waals surface area contributed by atoms with Gasteiger partial charge in [0.2, 0.25) is 0 Å². The first-order valence-electron chi connectivity index (χ1n) is 4.42. The van der Waals surface area contributed by atoms with E-state index in [0.29, 0.717) is 11.7 Å². The number of aromatic nitrogens is 2. The monoisotopic (exact) mass is 240 g/mol. The summed E-state index contributed by atoms with van der Waals surface area (Å²) in [6.07, 6.45) is 1.64. The molecule has 0 aromatic carbocycles. The lowest BCUT2D eigenvalue weighted by atomic mass is 10.2. The molecule has 0 radical (unpaired) electrons. The van der Waals surface area contributed by atoms with Gasteiger partial charge in [0.05, 0.1) is 6.54 Å². The van der Waals surface area contributed by atoms with E-state index in [2.05, 4.69) is 4.98 Å². The summed E-state index contributed by atoms with van der Waals surface area (Å²) in [4.78, 5) is 15.4. The topological polar surface area (TPSA) is 34.9 Å². The molecule has 0 spiro atoms. The minimum atomic E-state index is 0.0560. The molecule has 3 nitrogen and oxygen atoms in total. The third kappa shape index (κ3) is 2.27. The quantitative estimate of drug-likeness (QED) is 0.755. The predicted octanol–water partition coefficient (Wildman–Crippen LogP) is 2.31. The molecule has 2 rings (SSSR count). The smallest absolute Gasteiger partial charge is 0.299 e. The highest BCUT2D eigenvalue weighted by Gasteiger charge is 2.03. The molecule has 0 aliphatic heterocycles. The van der Waals surface area contributed by atoms with Crippen molar-refractivity contribution >= 4 is 22.9 Å². The van der Waals surface area contributed by atoms with Gasteiger partial charge in [-0.05, 0) is 24.6 Å². The Morgan fingerprint density at radius 2 is 2.40 bits per heavy atom. The van der Waals surface area contributed by atoms with Gasteiger partial charge in [-0.1, -0.05) is 22.9 Å². The zero-order valence-corrected chi connectivity index (χ0v) is 9.68. The van der Waals surface area contributed by atoms with E-state index >= 15 is 0 Å². The lowest BCUT2D eigenvalue weighted by Gasteiger charge is -2.04. The Hall–Kier alpha value is -1.13. The van der Waals surface area contributed by atoms with Crippen LogP contribution in [0, 0.1) is 6.92 Å². The van der Waals surface area contributed by atoms with Crippen LogP contribution >= 0.6 is 22.9 Å².